The summed E-state index contributed by atoms with van der Waals surface area (Å²) < 4.78 is 26.9. The van der Waals surface area contributed by atoms with Gasteiger partial charge in [0.15, 0.2) is 0 Å². The molecule has 0 aliphatic heterocycles. The summed E-state index contributed by atoms with van der Waals surface area (Å²) in [6.07, 6.45) is 1.88. The van der Waals surface area contributed by atoms with Crippen molar-refractivity contribution in [1.29, 1.82) is 0 Å². The molecule has 0 heterocycles. The Morgan fingerprint density at radius 1 is 0.731 bits per heavy atom. The third-order valence-corrected chi connectivity index (χ3v) is 7.89. The van der Waals surface area contributed by atoms with E-state index in [0.717, 1.165) is 26.7 Å². The van der Waals surface area contributed by atoms with Crippen LogP contribution in [0.4, 0.5) is 0 Å². The number of hydrogen-bond donors (Lipinski definition) is 0. The summed E-state index contributed by atoms with van der Waals surface area (Å²) in [5.74, 6) is -3.32. The molecule has 0 aromatic carbocycles. The van der Waals surface area contributed by atoms with Crippen LogP contribution in [0.1, 0.15) is 66.7 Å². The zero-order chi connectivity index (χ0) is 20.2. The summed E-state index contributed by atoms with van der Waals surface area (Å²) in [4.78, 5) is 46.9. The van der Waals surface area contributed by atoms with Gasteiger partial charge in [-0.05, 0) is 0 Å². The quantitative estimate of drug-likeness (QED) is 0.255. The van der Waals surface area contributed by atoms with Crippen LogP contribution in [0, 0.1) is 0 Å². The molecule has 0 aliphatic rings. The molecule has 0 aliphatic carbocycles. The molecule has 10 heteroatoms. The van der Waals surface area contributed by atoms with Crippen molar-refractivity contribution >= 4 is 23.7 Å². The second kappa shape index (κ2) is 11.4. The zero-order valence-corrected chi connectivity index (χ0v) is 17.7. The zero-order valence-electron chi connectivity index (χ0n) is 16.1. The SMILES string of the molecule is CCCC[O][Ti]([O]CCCC)([O]C(C)=O)([O]C(C)=O)[O]C(=O)CC(C)=O. The minimum atomic E-state index is -6.24. The Morgan fingerprint density at radius 3 is 1.46 bits per heavy atom. The maximum atomic E-state index is 12.2. The van der Waals surface area contributed by atoms with Crippen molar-refractivity contribution in [3.63, 3.8) is 0 Å². The standard InChI is InChI=1S/C4H6O3.2C4H9O.2C2H4O2.Ti/c1-3(5)2-4(6)7;2*1-2-3-4-5;2*1-2(3)4;/h2H2,1H3,(H,6,7);2*2-4H2,1H3;2*1H3,(H,3,4);/q;2*-1;;;+5/p-3. The van der Waals surface area contributed by atoms with E-state index >= 15 is 0 Å². The molecule has 0 fully saturated rings. The van der Waals surface area contributed by atoms with Crippen LogP contribution in [0.25, 0.3) is 0 Å². The van der Waals surface area contributed by atoms with Crippen LogP contribution >= 0.6 is 0 Å². The molecular formula is C16H29O9Ti. The predicted molar refractivity (Wildman–Crippen MR) is 86.6 cm³/mol. The third kappa shape index (κ3) is 8.89. The molecule has 0 rings (SSSR count). The molecule has 9 nitrogen and oxygen atoms in total. The van der Waals surface area contributed by atoms with Crippen LogP contribution in [-0.2, 0) is 53.0 Å². The molecule has 0 aromatic rings. The second-order valence-corrected chi connectivity index (χ2v) is 10.2. The van der Waals surface area contributed by atoms with E-state index in [2.05, 4.69) is 0 Å². The molecule has 0 N–H and O–H groups in total. The van der Waals surface area contributed by atoms with Crippen LogP contribution in [0.3, 0.4) is 0 Å². The van der Waals surface area contributed by atoms with E-state index in [1.54, 1.807) is 0 Å². The number of unbranched alkanes of at least 4 members (excludes halogenated alkanes) is 2. The van der Waals surface area contributed by atoms with Crippen molar-refractivity contribution in [2.75, 3.05) is 13.2 Å². The van der Waals surface area contributed by atoms with Crippen LogP contribution in [0.5, 0.6) is 0 Å². The molecule has 0 saturated heterocycles. The van der Waals surface area contributed by atoms with Gasteiger partial charge in [-0.25, -0.2) is 0 Å². The fraction of sp³-hybridized carbons (Fsp3) is 0.750. The van der Waals surface area contributed by atoms with Crippen molar-refractivity contribution in [3.05, 3.63) is 0 Å². The van der Waals surface area contributed by atoms with E-state index < -0.39 is 47.4 Å². The monoisotopic (exact) mass is 413 g/mol. The summed E-state index contributed by atoms with van der Waals surface area (Å²) in [6, 6.07) is 0. The molecule has 0 saturated carbocycles. The van der Waals surface area contributed by atoms with Crippen LogP contribution in [0.15, 0.2) is 0 Å². The molecule has 151 valence electrons. The van der Waals surface area contributed by atoms with Gasteiger partial charge in [0.05, 0.1) is 0 Å². The first-order valence-corrected chi connectivity index (χ1v) is 11.8. The van der Waals surface area contributed by atoms with Gasteiger partial charge in [-0.15, -0.1) is 0 Å². The van der Waals surface area contributed by atoms with Gasteiger partial charge in [0, 0.05) is 0 Å². The Bertz CT molecular complexity index is 488. The summed E-state index contributed by atoms with van der Waals surface area (Å²) in [7, 11) is 0. The Kier molecular flexibility index (Phi) is 10.9. The summed E-state index contributed by atoms with van der Waals surface area (Å²) in [5, 5.41) is 0. The van der Waals surface area contributed by atoms with Crippen LogP contribution in [0.2, 0.25) is 0 Å². The van der Waals surface area contributed by atoms with Gasteiger partial charge in [-0.1, -0.05) is 0 Å². The molecule has 0 bridgehead atoms. The summed E-state index contributed by atoms with van der Waals surface area (Å²) >= 11 is -6.24. The molecular weight excluding hydrogens is 384 g/mol. The first-order valence-electron chi connectivity index (χ1n) is 8.65. The summed E-state index contributed by atoms with van der Waals surface area (Å²) in [5.41, 5.74) is 0. The molecule has 0 aromatic heterocycles. The third-order valence-electron chi connectivity index (χ3n) is 2.97. The van der Waals surface area contributed by atoms with Crippen molar-refractivity contribution < 1.29 is 53.0 Å². The van der Waals surface area contributed by atoms with Gasteiger partial charge in [0.2, 0.25) is 0 Å². The van der Waals surface area contributed by atoms with Gasteiger partial charge in [0.1, 0.15) is 0 Å². The van der Waals surface area contributed by atoms with Crippen molar-refractivity contribution in [2.24, 2.45) is 0 Å². The van der Waals surface area contributed by atoms with Crippen molar-refractivity contribution in [2.45, 2.75) is 66.7 Å². The van der Waals surface area contributed by atoms with Gasteiger partial charge in [-0.3, -0.25) is 0 Å². The average Bonchev–Trinajstić information content (AvgIpc) is 2.45. The number of carbonyl (C=O) groups is 4. The first-order chi connectivity index (χ1) is 12.1. The van der Waals surface area contributed by atoms with E-state index in [1.807, 2.05) is 13.8 Å². The Labute approximate surface area is 156 Å². The Balaban J connectivity index is 6.02. The second-order valence-electron chi connectivity index (χ2n) is 5.78. The molecule has 0 spiro atoms. The number of ketones is 1. The van der Waals surface area contributed by atoms with Crippen molar-refractivity contribution in [3.8, 4) is 0 Å². The van der Waals surface area contributed by atoms with Gasteiger partial charge in [0.25, 0.3) is 0 Å². The average molecular weight is 413 g/mol. The summed E-state index contributed by atoms with van der Waals surface area (Å²) in [6.45, 7) is 7.04. The van der Waals surface area contributed by atoms with Crippen LogP contribution in [-0.4, -0.2) is 36.9 Å². The Hall–Kier alpha value is -1.29. The van der Waals surface area contributed by atoms with E-state index in [1.165, 1.54) is 6.92 Å². The van der Waals surface area contributed by atoms with E-state index in [4.69, 9.17) is 16.6 Å². The van der Waals surface area contributed by atoms with Crippen molar-refractivity contribution in [1.82, 2.24) is 0 Å². The fourth-order valence-corrected chi connectivity index (χ4v) is 6.47. The number of rotatable bonds is 13. The van der Waals surface area contributed by atoms with E-state index in [-0.39, 0.29) is 13.2 Å². The topological polar surface area (TPSA) is 114 Å². The molecule has 0 radical (unpaired) electrons. The molecule has 0 amide bonds. The molecule has 0 atom stereocenters. The number of carbonyl (C=O) groups excluding carboxylic acids is 4. The normalized spacial score (nSPS) is 12.6. The van der Waals surface area contributed by atoms with Gasteiger partial charge < -0.3 is 0 Å². The van der Waals surface area contributed by atoms with Gasteiger partial charge >= 0.3 is 157 Å². The van der Waals surface area contributed by atoms with E-state index in [0.29, 0.717) is 12.8 Å². The van der Waals surface area contributed by atoms with Gasteiger partial charge in [-0.2, -0.15) is 0 Å². The Morgan fingerprint density at radius 2 is 1.15 bits per heavy atom. The minimum absolute atomic E-state index is 0.0201. The molecule has 0 unspecified atom stereocenters. The number of hydrogen-bond acceptors (Lipinski definition) is 9. The maximum absolute atomic E-state index is 12.2. The molecule has 26 heavy (non-hydrogen) atoms. The first kappa shape index (κ1) is 24.7. The van der Waals surface area contributed by atoms with Crippen LogP contribution < -0.4 is 0 Å². The predicted octanol–water partition coefficient (Wildman–Crippen LogP) is 2.53. The fourth-order valence-electron chi connectivity index (χ4n) is 1.94. The van der Waals surface area contributed by atoms with E-state index in [9.17, 15) is 19.2 Å². The number of Topliss-reactive ketones (excluding diaryl/α,β-unsaturated/α-hetero) is 1.